The number of carbonyl (C=O) groups excluding carboxylic acids is 1. The molecular weight excluding hydrogens is 637 g/mol. The summed E-state index contributed by atoms with van der Waals surface area (Å²) < 4.78 is 34.6. The van der Waals surface area contributed by atoms with Crippen molar-refractivity contribution < 1.29 is 37.3 Å². The van der Waals surface area contributed by atoms with E-state index < -0.39 is 13.9 Å². The molecule has 0 saturated heterocycles. The molecule has 1 N–H and O–H groups in total. The van der Waals surface area contributed by atoms with Crippen molar-refractivity contribution in [2.45, 2.75) is 180 Å². The van der Waals surface area contributed by atoms with Gasteiger partial charge in [-0.15, -0.1) is 0 Å². The van der Waals surface area contributed by atoms with Crippen LogP contribution in [0, 0.1) is 0 Å². The van der Waals surface area contributed by atoms with Gasteiger partial charge in [-0.25, -0.2) is 4.57 Å². The van der Waals surface area contributed by atoms with Gasteiger partial charge in [0.05, 0.1) is 34.0 Å². The number of carbonyl (C=O) groups is 1. The number of hydrogen-bond acceptors (Lipinski definition) is 6. The third kappa shape index (κ3) is 37.9. The molecule has 0 aliphatic carbocycles. The van der Waals surface area contributed by atoms with Crippen molar-refractivity contribution in [3.63, 3.8) is 0 Å². The van der Waals surface area contributed by atoms with Crippen LogP contribution < -0.4 is 0 Å². The minimum Gasteiger partial charge on any atom is -0.498 e. The molecule has 49 heavy (non-hydrogen) atoms. The lowest BCUT2D eigenvalue weighted by Gasteiger charge is -2.24. The Hall–Kier alpha value is -1.18. The molecule has 0 aromatic rings. The molecule has 0 aliphatic heterocycles. The molecule has 9 heteroatoms. The highest BCUT2D eigenvalue weighted by Crippen LogP contribution is 2.43. The normalized spacial score (nSPS) is 14.1. The summed E-state index contributed by atoms with van der Waals surface area (Å²) in [5.41, 5.74) is 0. The lowest BCUT2D eigenvalue weighted by atomic mass is 10.0. The number of allylic oxidation sites excluding steroid dienone is 3. The maximum absolute atomic E-state index is 12.6. The molecule has 0 aromatic carbocycles. The number of phosphoric acid groups is 1. The Morgan fingerprint density at radius 1 is 0.633 bits per heavy atom. The van der Waals surface area contributed by atoms with Crippen molar-refractivity contribution in [1.29, 1.82) is 0 Å². The van der Waals surface area contributed by atoms with E-state index in [0.717, 1.165) is 44.9 Å². The number of esters is 1. The van der Waals surface area contributed by atoms with Crippen LogP contribution in [0.2, 0.25) is 0 Å². The number of hydrogen-bond donors (Lipinski definition) is 1. The van der Waals surface area contributed by atoms with Crippen molar-refractivity contribution in [3.05, 3.63) is 24.5 Å². The molecule has 0 aliphatic rings. The van der Waals surface area contributed by atoms with E-state index in [1.807, 2.05) is 27.2 Å². The molecule has 0 spiro atoms. The molecule has 0 heterocycles. The van der Waals surface area contributed by atoms with Crippen LogP contribution in [0.4, 0.5) is 0 Å². The second-order valence-electron chi connectivity index (χ2n) is 14.7. The molecule has 0 saturated carbocycles. The number of rotatable bonds is 37. The summed E-state index contributed by atoms with van der Waals surface area (Å²) in [6, 6.07) is 0. The molecule has 2 atom stereocenters. The Kier molecular flexibility index (Phi) is 33.1. The van der Waals surface area contributed by atoms with Crippen LogP contribution >= 0.6 is 7.82 Å². The van der Waals surface area contributed by atoms with Gasteiger partial charge in [0.15, 0.2) is 6.10 Å². The van der Waals surface area contributed by atoms with Crippen molar-refractivity contribution in [2.75, 3.05) is 47.5 Å². The fourth-order valence-electron chi connectivity index (χ4n) is 5.39. The van der Waals surface area contributed by atoms with E-state index in [4.69, 9.17) is 18.5 Å². The molecule has 0 radical (unpaired) electrons. The Balaban J connectivity index is 4.35. The number of quaternary nitrogens is 1. The first-order valence-corrected chi connectivity index (χ1v) is 21.6. The molecule has 0 fully saturated rings. The van der Waals surface area contributed by atoms with Gasteiger partial charge in [-0.3, -0.25) is 13.8 Å². The molecular formula is C40H79NO7P+. The number of likely N-dealkylation sites (N-methyl/N-ethyl adjacent to an activating group) is 1. The first-order chi connectivity index (χ1) is 23.6. The predicted octanol–water partition coefficient (Wildman–Crippen LogP) is 11.6. The van der Waals surface area contributed by atoms with Crippen LogP contribution in [0.3, 0.4) is 0 Å². The summed E-state index contributed by atoms with van der Waals surface area (Å²) in [7, 11) is 1.63. The first-order valence-electron chi connectivity index (χ1n) is 20.1. The quantitative estimate of drug-likeness (QED) is 0.0171. The van der Waals surface area contributed by atoms with Crippen molar-refractivity contribution in [3.8, 4) is 0 Å². The van der Waals surface area contributed by atoms with Gasteiger partial charge in [0.1, 0.15) is 19.8 Å². The average molecular weight is 717 g/mol. The minimum atomic E-state index is -4.28. The van der Waals surface area contributed by atoms with Gasteiger partial charge in [0, 0.05) is 6.42 Å². The standard InChI is InChI=1S/C40H78NO7P/c1-6-8-10-12-14-16-18-20-22-24-26-28-30-32-35-45-37-39(38-47-49(43,44)46-36-34-41(3,4)5)48-40(42)33-31-29-27-25-23-21-19-17-15-13-11-9-7-2/h17,19,32,35,39H,6-16,18,20-31,33-34,36-38H2,1-5H3/p+1/b19-17+,35-32+/t39-/m1/s1. The zero-order valence-electron chi connectivity index (χ0n) is 32.7. The molecule has 0 rings (SSSR count). The van der Waals surface area contributed by atoms with Crippen LogP contribution in [0.15, 0.2) is 24.5 Å². The average Bonchev–Trinajstić information content (AvgIpc) is 3.04. The van der Waals surface area contributed by atoms with Crippen LogP contribution in [-0.2, 0) is 27.9 Å². The number of nitrogens with zero attached hydrogens (tertiary/aromatic N) is 1. The Bertz CT molecular complexity index is 843. The van der Waals surface area contributed by atoms with E-state index in [-0.39, 0.29) is 25.8 Å². The summed E-state index contributed by atoms with van der Waals surface area (Å²) in [5.74, 6) is -0.345. The van der Waals surface area contributed by atoms with E-state index in [9.17, 15) is 14.3 Å². The zero-order chi connectivity index (χ0) is 36.3. The Morgan fingerprint density at radius 2 is 1.08 bits per heavy atom. The number of ether oxygens (including phenoxy) is 2. The molecule has 0 aromatic heterocycles. The lowest BCUT2D eigenvalue weighted by Crippen LogP contribution is -2.37. The van der Waals surface area contributed by atoms with Crippen molar-refractivity contribution in [2.24, 2.45) is 0 Å². The van der Waals surface area contributed by atoms with Crippen LogP contribution in [0.25, 0.3) is 0 Å². The maximum atomic E-state index is 12.6. The summed E-state index contributed by atoms with van der Waals surface area (Å²) >= 11 is 0. The summed E-state index contributed by atoms with van der Waals surface area (Å²) in [5, 5.41) is 0. The third-order valence-electron chi connectivity index (χ3n) is 8.58. The predicted molar refractivity (Wildman–Crippen MR) is 206 cm³/mol. The fraction of sp³-hybridized carbons (Fsp3) is 0.875. The van der Waals surface area contributed by atoms with Crippen LogP contribution in [0.5, 0.6) is 0 Å². The van der Waals surface area contributed by atoms with Gasteiger partial charge in [-0.1, -0.05) is 135 Å². The third-order valence-corrected chi connectivity index (χ3v) is 9.56. The largest absolute Gasteiger partial charge is 0.498 e. The number of phosphoric ester groups is 1. The molecule has 0 bridgehead atoms. The molecule has 8 nitrogen and oxygen atoms in total. The van der Waals surface area contributed by atoms with E-state index >= 15 is 0 Å². The first kappa shape index (κ1) is 47.8. The van der Waals surface area contributed by atoms with E-state index in [2.05, 4.69) is 26.0 Å². The maximum Gasteiger partial charge on any atom is 0.472 e. The highest BCUT2D eigenvalue weighted by molar-refractivity contribution is 7.47. The highest BCUT2D eigenvalue weighted by Gasteiger charge is 2.26. The monoisotopic (exact) mass is 717 g/mol. The Labute approximate surface area is 303 Å². The van der Waals surface area contributed by atoms with Crippen molar-refractivity contribution >= 4 is 13.8 Å². The van der Waals surface area contributed by atoms with E-state index in [0.29, 0.717) is 17.4 Å². The summed E-state index contributed by atoms with van der Waals surface area (Å²) in [6.45, 7) is 4.91. The molecule has 0 amide bonds. The topological polar surface area (TPSA) is 91.3 Å². The smallest absolute Gasteiger partial charge is 0.472 e. The lowest BCUT2D eigenvalue weighted by molar-refractivity contribution is -0.870. The highest BCUT2D eigenvalue weighted by atomic mass is 31.2. The minimum absolute atomic E-state index is 0.0473. The van der Waals surface area contributed by atoms with Crippen molar-refractivity contribution in [1.82, 2.24) is 0 Å². The summed E-state index contributed by atoms with van der Waals surface area (Å²) in [4.78, 5) is 22.8. The summed E-state index contributed by atoms with van der Waals surface area (Å²) in [6.07, 6.45) is 37.2. The second kappa shape index (κ2) is 33.9. The number of unbranched alkanes of at least 4 members (excludes halogenated alkanes) is 21. The van der Waals surface area contributed by atoms with Gasteiger partial charge >= 0.3 is 13.8 Å². The van der Waals surface area contributed by atoms with E-state index in [1.54, 1.807) is 6.26 Å². The van der Waals surface area contributed by atoms with Gasteiger partial charge in [0.2, 0.25) is 0 Å². The fourth-order valence-corrected chi connectivity index (χ4v) is 6.14. The zero-order valence-corrected chi connectivity index (χ0v) is 33.6. The SMILES string of the molecule is CCCCCC/C=C/CCCCCCCC(=O)O[C@H](CO/C=C/CCCCCCCCCCCCCC)COP(=O)(O)OCC[N+](C)(C)C. The van der Waals surface area contributed by atoms with E-state index in [1.165, 1.54) is 109 Å². The second-order valence-corrected chi connectivity index (χ2v) is 16.2. The van der Waals surface area contributed by atoms with Gasteiger partial charge in [-0.2, -0.15) is 0 Å². The van der Waals surface area contributed by atoms with Gasteiger partial charge < -0.3 is 18.9 Å². The van der Waals surface area contributed by atoms with Gasteiger partial charge in [-0.05, 0) is 51.0 Å². The molecule has 290 valence electrons. The Morgan fingerprint density at radius 3 is 1.59 bits per heavy atom. The van der Waals surface area contributed by atoms with Crippen LogP contribution in [0.1, 0.15) is 174 Å². The molecule has 1 unspecified atom stereocenters. The van der Waals surface area contributed by atoms with Gasteiger partial charge in [0.25, 0.3) is 0 Å². The van der Waals surface area contributed by atoms with Crippen LogP contribution in [-0.4, -0.2) is 69.0 Å².